The number of methoxy groups -OCH3 is 1. The standard InChI is InChI=1S/C26H27N3O5S/c1-33-24-8-7-23(19-25(24)34-20-22-9-12-27-13-10-22)26(30)28-14-16-29(17-15-28)35(31,32)18-11-21-5-3-2-4-6-21/h2-13,18-19H,14-17,20H2,1H3/b18-11+. The summed E-state index contributed by atoms with van der Waals surface area (Å²) < 4.78 is 38.1. The zero-order valence-electron chi connectivity index (χ0n) is 19.4. The molecule has 9 heteroatoms. The van der Waals surface area contributed by atoms with E-state index in [2.05, 4.69) is 4.98 Å². The van der Waals surface area contributed by atoms with Crippen LogP contribution in [0.2, 0.25) is 0 Å². The molecule has 0 unspecified atom stereocenters. The van der Waals surface area contributed by atoms with Gasteiger partial charge in [-0.15, -0.1) is 0 Å². The number of piperazine rings is 1. The first-order chi connectivity index (χ1) is 17.0. The molecule has 1 saturated heterocycles. The highest BCUT2D eigenvalue weighted by atomic mass is 32.2. The van der Waals surface area contributed by atoms with Gasteiger partial charge in [0.15, 0.2) is 11.5 Å². The quantitative estimate of drug-likeness (QED) is 0.478. The van der Waals surface area contributed by atoms with E-state index in [0.29, 0.717) is 36.8 Å². The molecule has 1 aliphatic heterocycles. The van der Waals surface area contributed by atoms with Crippen LogP contribution in [0.4, 0.5) is 0 Å². The number of pyridine rings is 1. The first kappa shape index (κ1) is 24.4. The van der Waals surface area contributed by atoms with Crippen molar-refractivity contribution in [1.29, 1.82) is 0 Å². The van der Waals surface area contributed by atoms with E-state index in [9.17, 15) is 13.2 Å². The van der Waals surface area contributed by atoms with Gasteiger partial charge < -0.3 is 14.4 Å². The average Bonchev–Trinajstić information content (AvgIpc) is 2.91. The Bertz CT molecular complexity index is 1270. The van der Waals surface area contributed by atoms with Gasteiger partial charge in [0.2, 0.25) is 10.0 Å². The fourth-order valence-electron chi connectivity index (χ4n) is 3.71. The van der Waals surface area contributed by atoms with Crippen LogP contribution in [-0.2, 0) is 16.6 Å². The van der Waals surface area contributed by atoms with E-state index in [-0.39, 0.29) is 19.0 Å². The summed E-state index contributed by atoms with van der Waals surface area (Å²) >= 11 is 0. The molecule has 182 valence electrons. The van der Waals surface area contributed by atoms with Crippen LogP contribution < -0.4 is 9.47 Å². The molecule has 0 bridgehead atoms. The highest BCUT2D eigenvalue weighted by molar-refractivity contribution is 7.92. The first-order valence-corrected chi connectivity index (χ1v) is 12.7. The predicted molar refractivity (Wildman–Crippen MR) is 133 cm³/mol. The predicted octanol–water partition coefficient (Wildman–Crippen LogP) is 3.43. The fourth-order valence-corrected chi connectivity index (χ4v) is 4.88. The molecule has 35 heavy (non-hydrogen) atoms. The molecular weight excluding hydrogens is 466 g/mol. The van der Waals surface area contributed by atoms with E-state index in [1.54, 1.807) is 48.7 Å². The van der Waals surface area contributed by atoms with Gasteiger partial charge in [-0.2, -0.15) is 4.31 Å². The summed E-state index contributed by atoms with van der Waals surface area (Å²) in [5, 5.41) is 1.22. The lowest BCUT2D eigenvalue weighted by Crippen LogP contribution is -2.50. The highest BCUT2D eigenvalue weighted by Gasteiger charge is 2.28. The first-order valence-electron chi connectivity index (χ1n) is 11.2. The average molecular weight is 494 g/mol. The number of aromatic nitrogens is 1. The third-order valence-corrected chi connectivity index (χ3v) is 7.24. The van der Waals surface area contributed by atoms with Crippen molar-refractivity contribution in [1.82, 2.24) is 14.2 Å². The molecule has 4 rings (SSSR count). The Morgan fingerprint density at radius 1 is 0.971 bits per heavy atom. The number of carbonyl (C=O) groups is 1. The van der Waals surface area contributed by atoms with Crippen molar-refractivity contribution < 1.29 is 22.7 Å². The van der Waals surface area contributed by atoms with Gasteiger partial charge in [-0.25, -0.2) is 8.42 Å². The number of hydrogen-bond donors (Lipinski definition) is 0. The number of nitrogens with zero attached hydrogens (tertiary/aromatic N) is 3. The van der Waals surface area contributed by atoms with Crippen molar-refractivity contribution in [2.75, 3.05) is 33.3 Å². The Kier molecular flexibility index (Phi) is 7.79. The smallest absolute Gasteiger partial charge is 0.254 e. The van der Waals surface area contributed by atoms with Crippen LogP contribution in [-0.4, -0.2) is 61.8 Å². The van der Waals surface area contributed by atoms with Crippen LogP contribution in [0, 0.1) is 0 Å². The summed E-state index contributed by atoms with van der Waals surface area (Å²) in [6.45, 7) is 1.38. The molecule has 1 fully saturated rings. The summed E-state index contributed by atoms with van der Waals surface area (Å²) in [6, 6.07) is 18.0. The molecule has 1 aliphatic rings. The molecule has 0 N–H and O–H groups in total. The molecule has 0 radical (unpaired) electrons. The Labute approximate surface area is 205 Å². The van der Waals surface area contributed by atoms with Gasteiger partial charge >= 0.3 is 0 Å². The van der Waals surface area contributed by atoms with Crippen LogP contribution >= 0.6 is 0 Å². The van der Waals surface area contributed by atoms with E-state index < -0.39 is 10.0 Å². The van der Waals surface area contributed by atoms with Crippen molar-refractivity contribution in [2.24, 2.45) is 0 Å². The normalized spacial score (nSPS) is 14.7. The van der Waals surface area contributed by atoms with Gasteiger partial charge in [-0.05, 0) is 47.5 Å². The molecule has 3 aromatic rings. The van der Waals surface area contributed by atoms with Crippen molar-refractivity contribution in [3.05, 3.63) is 95.2 Å². The summed E-state index contributed by atoms with van der Waals surface area (Å²) in [7, 11) is -2.03. The summed E-state index contributed by atoms with van der Waals surface area (Å²) in [5.74, 6) is 0.803. The number of benzene rings is 2. The number of sulfonamides is 1. The van der Waals surface area contributed by atoms with Gasteiger partial charge in [0, 0.05) is 49.5 Å². The molecule has 0 atom stereocenters. The van der Waals surface area contributed by atoms with E-state index in [4.69, 9.17) is 9.47 Å². The zero-order valence-corrected chi connectivity index (χ0v) is 20.2. The van der Waals surface area contributed by atoms with E-state index in [1.165, 1.54) is 9.71 Å². The summed E-state index contributed by atoms with van der Waals surface area (Å²) in [6.07, 6.45) is 4.96. The van der Waals surface area contributed by atoms with Crippen molar-refractivity contribution >= 4 is 22.0 Å². The lowest BCUT2D eigenvalue weighted by Gasteiger charge is -2.33. The third kappa shape index (κ3) is 6.26. The number of hydrogen-bond acceptors (Lipinski definition) is 6. The van der Waals surface area contributed by atoms with Crippen molar-refractivity contribution in [2.45, 2.75) is 6.61 Å². The van der Waals surface area contributed by atoms with Crippen LogP contribution in [0.3, 0.4) is 0 Å². The Balaban J connectivity index is 1.39. The fraction of sp³-hybridized carbons (Fsp3) is 0.231. The maximum atomic E-state index is 13.1. The van der Waals surface area contributed by atoms with Crippen molar-refractivity contribution in [3.8, 4) is 11.5 Å². The van der Waals surface area contributed by atoms with Crippen LogP contribution in [0.5, 0.6) is 11.5 Å². The van der Waals surface area contributed by atoms with E-state index in [1.807, 2.05) is 42.5 Å². The van der Waals surface area contributed by atoms with Crippen LogP contribution in [0.15, 0.2) is 78.5 Å². The number of ether oxygens (including phenoxy) is 2. The molecule has 1 amide bonds. The number of rotatable bonds is 8. The monoisotopic (exact) mass is 493 g/mol. The largest absolute Gasteiger partial charge is 0.493 e. The van der Waals surface area contributed by atoms with Gasteiger partial charge in [-0.3, -0.25) is 9.78 Å². The summed E-state index contributed by atoms with van der Waals surface area (Å²) in [5.41, 5.74) is 2.21. The van der Waals surface area contributed by atoms with Gasteiger partial charge in [0.25, 0.3) is 5.91 Å². The molecule has 1 aromatic heterocycles. The second kappa shape index (κ2) is 11.2. The van der Waals surface area contributed by atoms with E-state index in [0.717, 1.165) is 11.1 Å². The van der Waals surface area contributed by atoms with Gasteiger partial charge in [0.1, 0.15) is 6.61 Å². The Morgan fingerprint density at radius 3 is 2.37 bits per heavy atom. The lowest BCUT2D eigenvalue weighted by molar-refractivity contribution is 0.0698. The Hall–Kier alpha value is -3.69. The lowest BCUT2D eigenvalue weighted by atomic mass is 10.1. The van der Waals surface area contributed by atoms with Gasteiger partial charge in [-0.1, -0.05) is 30.3 Å². The van der Waals surface area contributed by atoms with Crippen LogP contribution in [0.1, 0.15) is 21.5 Å². The Morgan fingerprint density at radius 2 is 1.69 bits per heavy atom. The third-order valence-electron chi connectivity index (χ3n) is 5.67. The van der Waals surface area contributed by atoms with E-state index >= 15 is 0 Å². The SMILES string of the molecule is COc1ccc(C(=O)N2CCN(S(=O)(=O)/C=C/c3ccccc3)CC2)cc1OCc1ccncc1. The summed E-state index contributed by atoms with van der Waals surface area (Å²) in [4.78, 5) is 18.8. The molecule has 8 nitrogen and oxygen atoms in total. The minimum atomic E-state index is -3.57. The zero-order chi connectivity index (χ0) is 24.7. The van der Waals surface area contributed by atoms with Gasteiger partial charge in [0.05, 0.1) is 7.11 Å². The highest BCUT2D eigenvalue weighted by Crippen LogP contribution is 2.29. The molecule has 0 spiro atoms. The molecule has 2 heterocycles. The minimum Gasteiger partial charge on any atom is -0.493 e. The molecule has 0 aliphatic carbocycles. The number of amides is 1. The molecular formula is C26H27N3O5S. The minimum absolute atomic E-state index is 0.182. The molecule has 0 saturated carbocycles. The maximum absolute atomic E-state index is 13.1. The van der Waals surface area contributed by atoms with Crippen molar-refractivity contribution in [3.63, 3.8) is 0 Å². The second-order valence-corrected chi connectivity index (χ2v) is 9.78. The maximum Gasteiger partial charge on any atom is 0.254 e. The topological polar surface area (TPSA) is 89.0 Å². The number of carbonyl (C=O) groups excluding carboxylic acids is 1. The van der Waals surface area contributed by atoms with Crippen LogP contribution in [0.25, 0.3) is 6.08 Å². The second-order valence-electron chi connectivity index (χ2n) is 7.96. The molecule has 2 aromatic carbocycles.